The molecule has 0 aliphatic rings. The van der Waals surface area contributed by atoms with Crippen molar-refractivity contribution in [2.24, 2.45) is 5.92 Å². The molecule has 84 valence electrons. The van der Waals surface area contributed by atoms with Crippen molar-refractivity contribution in [2.45, 2.75) is 20.4 Å². The first-order valence-electron chi connectivity index (χ1n) is 5.12. The normalized spacial score (nSPS) is 11.4. The van der Waals surface area contributed by atoms with Crippen LogP contribution < -0.4 is 0 Å². The highest BCUT2D eigenvalue weighted by Crippen LogP contribution is 2.21. The second-order valence-corrected chi connectivity index (χ2v) is 5.10. The summed E-state index contributed by atoms with van der Waals surface area (Å²) >= 11 is 3.27. The second kappa shape index (κ2) is 5.61. The molecule has 0 heterocycles. The molecule has 1 aromatic carbocycles. The van der Waals surface area contributed by atoms with Crippen LogP contribution in [0.1, 0.15) is 19.4 Å². The molecule has 0 aliphatic carbocycles. The molecule has 0 aromatic heterocycles. The molecule has 0 aliphatic heterocycles. The van der Waals surface area contributed by atoms with Gasteiger partial charge in [-0.3, -0.25) is 0 Å². The van der Waals surface area contributed by atoms with Crippen molar-refractivity contribution in [3.8, 4) is 0 Å². The van der Waals surface area contributed by atoms with Crippen LogP contribution in [0.5, 0.6) is 0 Å². The van der Waals surface area contributed by atoms with E-state index in [-0.39, 0.29) is 5.82 Å². The Morgan fingerprint density at radius 3 is 2.67 bits per heavy atom. The van der Waals surface area contributed by atoms with E-state index >= 15 is 0 Å². The number of hydrogen-bond acceptors (Lipinski definition) is 1. The molecule has 1 aromatic rings. The Morgan fingerprint density at radius 1 is 1.40 bits per heavy atom. The maximum atomic E-state index is 13.2. The molecule has 0 radical (unpaired) electrons. The maximum Gasteiger partial charge on any atom is 0.137 e. The molecule has 0 amide bonds. The van der Waals surface area contributed by atoms with Crippen LogP contribution in [-0.4, -0.2) is 18.5 Å². The Morgan fingerprint density at radius 2 is 2.07 bits per heavy atom. The third-order valence-electron chi connectivity index (χ3n) is 2.15. The molecule has 0 bridgehead atoms. The first-order valence-corrected chi connectivity index (χ1v) is 5.91. The largest absolute Gasteiger partial charge is 0.302 e. The van der Waals surface area contributed by atoms with Crippen molar-refractivity contribution in [3.63, 3.8) is 0 Å². The Kier molecular flexibility index (Phi) is 4.74. The Labute approximate surface area is 99.4 Å². The minimum atomic E-state index is -0.189. The van der Waals surface area contributed by atoms with Gasteiger partial charge in [0.15, 0.2) is 0 Å². The summed E-state index contributed by atoms with van der Waals surface area (Å²) in [6.45, 7) is 6.15. The Balaban J connectivity index is 2.68. The van der Waals surface area contributed by atoms with Crippen molar-refractivity contribution in [2.75, 3.05) is 13.6 Å². The number of hydrogen-bond donors (Lipinski definition) is 0. The molecule has 0 fully saturated rings. The number of nitrogens with zero attached hydrogens (tertiary/aromatic N) is 1. The fraction of sp³-hybridized carbons (Fsp3) is 0.500. The summed E-state index contributed by atoms with van der Waals surface area (Å²) in [5.41, 5.74) is 0.998. The highest BCUT2D eigenvalue weighted by atomic mass is 79.9. The lowest BCUT2D eigenvalue weighted by molar-refractivity contribution is 0.287. The van der Waals surface area contributed by atoms with Gasteiger partial charge in [0, 0.05) is 13.1 Å². The average Bonchev–Trinajstić information content (AvgIpc) is 2.11. The monoisotopic (exact) mass is 273 g/mol. The fourth-order valence-corrected chi connectivity index (χ4v) is 2.04. The summed E-state index contributed by atoms with van der Waals surface area (Å²) in [7, 11) is 2.05. The Hall–Kier alpha value is -0.410. The SMILES string of the molecule is CC(C)CN(C)Cc1cccc(F)c1Br. The molecule has 1 rings (SSSR count). The molecular weight excluding hydrogens is 257 g/mol. The van der Waals surface area contributed by atoms with E-state index in [9.17, 15) is 4.39 Å². The predicted octanol–water partition coefficient (Wildman–Crippen LogP) is 3.68. The minimum Gasteiger partial charge on any atom is -0.302 e. The lowest BCUT2D eigenvalue weighted by Gasteiger charge is -2.19. The molecule has 0 spiro atoms. The molecule has 3 heteroatoms. The van der Waals surface area contributed by atoms with Gasteiger partial charge in [-0.05, 0) is 40.5 Å². The lowest BCUT2D eigenvalue weighted by atomic mass is 10.1. The number of halogens is 2. The van der Waals surface area contributed by atoms with Crippen LogP contribution in [0.15, 0.2) is 22.7 Å². The van der Waals surface area contributed by atoms with E-state index in [4.69, 9.17) is 0 Å². The third-order valence-corrected chi connectivity index (χ3v) is 3.04. The molecule has 0 atom stereocenters. The van der Waals surface area contributed by atoms with Crippen LogP contribution in [0.3, 0.4) is 0 Å². The van der Waals surface area contributed by atoms with Crippen molar-refractivity contribution in [1.82, 2.24) is 4.90 Å². The highest BCUT2D eigenvalue weighted by molar-refractivity contribution is 9.10. The van der Waals surface area contributed by atoms with Gasteiger partial charge in [-0.25, -0.2) is 4.39 Å². The highest BCUT2D eigenvalue weighted by Gasteiger charge is 2.08. The van der Waals surface area contributed by atoms with E-state index in [1.54, 1.807) is 6.07 Å². The molecule has 1 nitrogen and oxygen atoms in total. The summed E-state index contributed by atoms with van der Waals surface area (Å²) in [4.78, 5) is 2.20. The summed E-state index contributed by atoms with van der Waals surface area (Å²) in [6, 6.07) is 5.17. The molecule has 15 heavy (non-hydrogen) atoms. The molecule has 0 saturated heterocycles. The molecule has 0 saturated carbocycles. The van der Waals surface area contributed by atoms with E-state index in [0.29, 0.717) is 10.4 Å². The maximum absolute atomic E-state index is 13.2. The average molecular weight is 274 g/mol. The second-order valence-electron chi connectivity index (χ2n) is 4.30. The van der Waals surface area contributed by atoms with Gasteiger partial charge >= 0.3 is 0 Å². The quantitative estimate of drug-likeness (QED) is 0.809. The van der Waals surface area contributed by atoms with Gasteiger partial charge in [-0.1, -0.05) is 26.0 Å². The fourth-order valence-electron chi connectivity index (χ4n) is 1.65. The van der Waals surface area contributed by atoms with E-state index in [0.717, 1.165) is 18.7 Å². The van der Waals surface area contributed by atoms with Gasteiger partial charge in [-0.2, -0.15) is 0 Å². The van der Waals surface area contributed by atoms with Crippen LogP contribution >= 0.6 is 15.9 Å². The minimum absolute atomic E-state index is 0.189. The molecular formula is C12H17BrFN. The van der Waals surface area contributed by atoms with Crippen molar-refractivity contribution in [1.29, 1.82) is 0 Å². The lowest BCUT2D eigenvalue weighted by Crippen LogP contribution is -2.22. The van der Waals surface area contributed by atoms with Gasteiger partial charge in [0.1, 0.15) is 5.82 Å². The summed E-state index contributed by atoms with van der Waals surface area (Å²) in [6.07, 6.45) is 0. The first-order chi connectivity index (χ1) is 7.00. The van der Waals surface area contributed by atoms with Crippen LogP contribution in [0, 0.1) is 11.7 Å². The van der Waals surface area contributed by atoms with Crippen molar-refractivity contribution < 1.29 is 4.39 Å². The van der Waals surface area contributed by atoms with Gasteiger partial charge in [-0.15, -0.1) is 0 Å². The topological polar surface area (TPSA) is 3.24 Å². The van der Waals surface area contributed by atoms with Crippen molar-refractivity contribution in [3.05, 3.63) is 34.1 Å². The van der Waals surface area contributed by atoms with Gasteiger partial charge in [0.25, 0.3) is 0 Å². The van der Waals surface area contributed by atoms with Crippen LogP contribution in [0.25, 0.3) is 0 Å². The number of benzene rings is 1. The van der Waals surface area contributed by atoms with Crippen LogP contribution in [0.4, 0.5) is 4.39 Å². The standard InChI is InChI=1S/C12H17BrFN/c1-9(2)7-15(3)8-10-5-4-6-11(14)12(10)13/h4-6,9H,7-8H2,1-3H3. The van der Waals surface area contributed by atoms with Crippen LogP contribution in [0.2, 0.25) is 0 Å². The van der Waals surface area contributed by atoms with E-state index in [1.165, 1.54) is 6.07 Å². The van der Waals surface area contributed by atoms with Crippen LogP contribution in [-0.2, 0) is 6.54 Å². The zero-order valence-electron chi connectivity index (χ0n) is 9.43. The Bertz CT molecular complexity index is 325. The third kappa shape index (κ3) is 3.92. The molecule has 0 unspecified atom stereocenters. The van der Waals surface area contributed by atoms with Gasteiger partial charge in [0.2, 0.25) is 0 Å². The predicted molar refractivity (Wildman–Crippen MR) is 65.3 cm³/mol. The zero-order valence-corrected chi connectivity index (χ0v) is 11.0. The molecule has 0 N–H and O–H groups in total. The van der Waals surface area contributed by atoms with E-state index < -0.39 is 0 Å². The first kappa shape index (κ1) is 12.7. The summed E-state index contributed by atoms with van der Waals surface area (Å²) < 4.78 is 13.8. The van der Waals surface area contributed by atoms with Gasteiger partial charge in [0.05, 0.1) is 4.47 Å². The zero-order chi connectivity index (χ0) is 11.4. The smallest absolute Gasteiger partial charge is 0.137 e. The number of rotatable bonds is 4. The van der Waals surface area contributed by atoms with Crippen molar-refractivity contribution >= 4 is 15.9 Å². The van der Waals surface area contributed by atoms with E-state index in [2.05, 4.69) is 41.7 Å². The van der Waals surface area contributed by atoms with E-state index in [1.807, 2.05) is 6.07 Å². The summed E-state index contributed by atoms with van der Waals surface area (Å²) in [5, 5.41) is 0. The van der Waals surface area contributed by atoms with Gasteiger partial charge < -0.3 is 4.90 Å². The summed E-state index contributed by atoms with van der Waals surface area (Å²) in [5.74, 6) is 0.438.